The first kappa shape index (κ1) is 15.4. The van der Waals surface area contributed by atoms with E-state index in [2.05, 4.69) is 24.3 Å². The van der Waals surface area contributed by atoms with E-state index in [1.54, 1.807) is 12.1 Å². The summed E-state index contributed by atoms with van der Waals surface area (Å²) >= 11 is 0. The third-order valence-electron chi connectivity index (χ3n) is 3.16. The Bertz CT molecular complexity index is 352. The molecule has 3 radical (unpaired) electrons. The predicted molar refractivity (Wildman–Crippen MR) is 74.1 cm³/mol. The van der Waals surface area contributed by atoms with E-state index in [0.29, 0.717) is 0 Å². The van der Waals surface area contributed by atoms with Crippen molar-refractivity contribution < 1.29 is 8.82 Å². The van der Waals surface area contributed by atoms with Gasteiger partial charge in [0.25, 0.3) is 0 Å². The van der Waals surface area contributed by atoms with Gasteiger partial charge in [0.1, 0.15) is 5.82 Å². The maximum atomic E-state index is 12.9. The quantitative estimate of drug-likeness (QED) is 0.505. The number of hydrogen-bond acceptors (Lipinski definition) is 1. The summed E-state index contributed by atoms with van der Waals surface area (Å²) in [5.74, 6) is -0.136. The molecule has 0 bridgehead atoms. The van der Waals surface area contributed by atoms with E-state index in [9.17, 15) is 4.39 Å². The first-order chi connectivity index (χ1) is 8.53. The van der Waals surface area contributed by atoms with Crippen molar-refractivity contribution >= 4 is 10.5 Å². The monoisotopic (exact) mass is 265 g/mol. The standard InChI is InChI=1S/C15H22FOSi/c1-15(2,17-18)11-6-4-3-5-8-13-9-7-10-14(16)12-13/h7,9-10,12H,3-6,8,11H2,1-2H3. The van der Waals surface area contributed by atoms with Crippen molar-refractivity contribution in [1.82, 2.24) is 0 Å². The molecule has 0 aliphatic carbocycles. The molecule has 0 N–H and O–H groups in total. The zero-order valence-corrected chi connectivity index (χ0v) is 12.3. The highest BCUT2D eigenvalue weighted by Crippen LogP contribution is 2.18. The van der Waals surface area contributed by atoms with E-state index in [4.69, 9.17) is 4.43 Å². The van der Waals surface area contributed by atoms with Crippen molar-refractivity contribution in [1.29, 1.82) is 0 Å². The molecule has 0 amide bonds. The van der Waals surface area contributed by atoms with Crippen LogP contribution in [0.2, 0.25) is 0 Å². The first-order valence-corrected chi connectivity index (χ1v) is 7.03. The zero-order chi connectivity index (χ0) is 13.4. The molecule has 0 saturated heterocycles. The molecule has 1 aromatic carbocycles. The van der Waals surface area contributed by atoms with Crippen molar-refractivity contribution in [2.45, 2.75) is 58.0 Å². The Morgan fingerprint density at radius 1 is 1.17 bits per heavy atom. The summed E-state index contributed by atoms with van der Waals surface area (Å²) in [5.41, 5.74) is 1.01. The minimum Gasteiger partial charge on any atom is -0.414 e. The van der Waals surface area contributed by atoms with Gasteiger partial charge in [-0.1, -0.05) is 31.4 Å². The molecule has 3 heteroatoms. The van der Waals surface area contributed by atoms with Crippen molar-refractivity contribution in [3.05, 3.63) is 35.6 Å². The summed E-state index contributed by atoms with van der Waals surface area (Å²) in [6.45, 7) is 4.15. The van der Waals surface area contributed by atoms with Crippen molar-refractivity contribution in [3.63, 3.8) is 0 Å². The summed E-state index contributed by atoms with van der Waals surface area (Å²) in [6.07, 6.45) is 6.70. The van der Waals surface area contributed by atoms with E-state index in [0.717, 1.165) is 24.8 Å². The highest BCUT2D eigenvalue weighted by Gasteiger charge is 2.14. The van der Waals surface area contributed by atoms with E-state index >= 15 is 0 Å². The van der Waals surface area contributed by atoms with Gasteiger partial charge in [0.15, 0.2) is 0 Å². The predicted octanol–water partition coefficient (Wildman–Crippen LogP) is 4.20. The second-order valence-electron chi connectivity index (χ2n) is 5.41. The van der Waals surface area contributed by atoms with Crippen LogP contribution in [0.25, 0.3) is 0 Å². The summed E-state index contributed by atoms with van der Waals surface area (Å²) in [6, 6.07) is 6.89. The van der Waals surface area contributed by atoms with Crippen LogP contribution >= 0.6 is 0 Å². The molecular weight excluding hydrogens is 243 g/mol. The van der Waals surface area contributed by atoms with Gasteiger partial charge in [-0.05, 0) is 50.8 Å². The van der Waals surface area contributed by atoms with Gasteiger partial charge in [0.2, 0.25) is 10.5 Å². The Morgan fingerprint density at radius 2 is 1.89 bits per heavy atom. The lowest BCUT2D eigenvalue weighted by Crippen LogP contribution is -2.22. The van der Waals surface area contributed by atoms with Crippen molar-refractivity contribution in [2.75, 3.05) is 0 Å². The fourth-order valence-electron chi connectivity index (χ4n) is 1.98. The minimum atomic E-state index is -0.136. The molecule has 1 aromatic rings. The molecule has 1 rings (SSSR count). The van der Waals surface area contributed by atoms with Gasteiger partial charge >= 0.3 is 0 Å². The van der Waals surface area contributed by atoms with Gasteiger partial charge in [-0.15, -0.1) is 0 Å². The van der Waals surface area contributed by atoms with Crippen molar-refractivity contribution in [2.24, 2.45) is 0 Å². The van der Waals surface area contributed by atoms with E-state index in [1.165, 1.54) is 25.3 Å². The maximum absolute atomic E-state index is 12.9. The van der Waals surface area contributed by atoms with Crippen LogP contribution in [0.15, 0.2) is 24.3 Å². The minimum absolute atomic E-state index is 0.0839. The Morgan fingerprint density at radius 3 is 2.56 bits per heavy atom. The third kappa shape index (κ3) is 6.31. The van der Waals surface area contributed by atoms with Gasteiger partial charge in [-0.3, -0.25) is 0 Å². The number of aryl methyl sites for hydroxylation is 1. The van der Waals surface area contributed by atoms with Crippen LogP contribution in [0.4, 0.5) is 4.39 Å². The smallest absolute Gasteiger partial charge is 0.246 e. The number of hydrogen-bond donors (Lipinski definition) is 0. The molecule has 0 heterocycles. The molecule has 1 nitrogen and oxygen atoms in total. The SMILES string of the molecule is CC(C)(CCCCCCc1cccc(F)c1)O[Si]. The third-order valence-corrected chi connectivity index (χ3v) is 3.71. The molecule has 0 aliphatic heterocycles. The molecule has 18 heavy (non-hydrogen) atoms. The van der Waals surface area contributed by atoms with Crippen molar-refractivity contribution in [3.8, 4) is 0 Å². The van der Waals surface area contributed by atoms with Crippen LogP contribution in [0.3, 0.4) is 0 Å². The van der Waals surface area contributed by atoms with Gasteiger partial charge in [0.05, 0.1) is 0 Å². The summed E-state index contributed by atoms with van der Waals surface area (Å²) in [4.78, 5) is 0. The lowest BCUT2D eigenvalue weighted by Gasteiger charge is -2.22. The maximum Gasteiger partial charge on any atom is 0.246 e. The molecule has 0 saturated carbocycles. The highest BCUT2D eigenvalue weighted by molar-refractivity contribution is 5.98. The Balaban J connectivity index is 2.09. The Hall–Kier alpha value is -0.673. The Labute approximate surface area is 113 Å². The molecule has 0 unspecified atom stereocenters. The van der Waals surface area contributed by atoms with Gasteiger partial charge in [-0.25, -0.2) is 4.39 Å². The van der Waals surface area contributed by atoms with Gasteiger partial charge in [-0.2, -0.15) is 0 Å². The lowest BCUT2D eigenvalue weighted by atomic mass is 9.99. The number of benzene rings is 1. The summed E-state index contributed by atoms with van der Waals surface area (Å²) in [7, 11) is 3.10. The second-order valence-corrected chi connectivity index (χ2v) is 5.61. The molecule has 0 atom stereocenters. The number of rotatable bonds is 8. The molecule has 0 aromatic heterocycles. The molecule has 0 fully saturated rings. The van der Waals surface area contributed by atoms with E-state index in [1.807, 2.05) is 6.07 Å². The second kappa shape index (κ2) is 7.69. The average molecular weight is 265 g/mol. The number of unbranched alkanes of at least 4 members (excludes halogenated alkanes) is 3. The average Bonchev–Trinajstić information content (AvgIpc) is 2.34. The van der Waals surface area contributed by atoms with Crippen LogP contribution in [0, 0.1) is 5.82 Å². The largest absolute Gasteiger partial charge is 0.414 e. The summed E-state index contributed by atoms with van der Waals surface area (Å²) < 4.78 is 18.1. The molecular formula is C15H22FOSi. The zero-order valence-electron chi connectivity index (χ0n) is 11.3. The van der Waals surface area contributed by atoms with Crippen LogP contribution in [0.5, 0.6) is 0 Å². The van der Waals surface area contributed by atoms with E-state index in [-0.39, 0.29) is 11.4 Å². The molecule has 0 spiro atoms. The van der Waals surface area contributed by atoms with Crippen LogP contribution < -0.4 is 0 Å². The highest BCUT2D eigenvalue weighted by atomic mass is 28.2. The van der Waals surface area contributed by atoms with Gasteiger partial charge < -0.3 is 4.43 Å². The molecule has 0 aliphatic rings. The van der Waals surface area contributed by atoms with Gasteiger partial charge in [0, 0.05) is 5.60 Å². The van der Waals surface area contributed by atoms with E-state index < -0.39 is 0 Å². The fourth-order valence-corrected chi connectivity index (χ4v) is 2.08. The van der Waals surface area contributed by atoms with Crippen LogP contribution in [-0.4, -0.2) is 16.1 Å². The normalized spacial score (nSPS) is 11.8. The first-order valence-electron chi connectivity index (χ1n) is 6.63. The van der Waals surface area contributed by atoms with Crippen LogP contribution in [0.1, 0.15) is 51.5 Å². The lowest BCUT2D eigenvalue weighted by molar-refractivity contribution is 0.109. The topological polar surface area (TPSA) is 9.23 Å². The molecule has 99 valence electrons. The number of halogens is 1. The fraction of sp³-hybridized carbons (Fsp3) is 0.600. The summed E-state index contributed by atoms with van der Waals surface area (Å²) in [5, 5.41) is 0. The Kier molecular flexibility index (Phi) is 6.58. The van der Waals surface area contributed by atoms with Crippen LogP contribution in [-0.2, 0) is 10.8 Å².